The van der Waals surface area contributed by atoms with Crippen LogP contribution in [0.15, 0.2) is 23.4 Å². The van der Waals surface area contributed by atoms with E-state index in [4.69, 9.17) is 5.73 Å². The summed E-state index contributed by atoms with van der Waals surface area (Å²) in [6.07, 6.45) is 6.62. The van der Waals surface area contributed by atoms with Gasteiger partial charge in [0.2, 0.25) is 0 Å². The maximum absolute atomic E-state index is 12.6. The first-order chi connectivity index (χ1) is 10.0. The van der Waals surface area contributed by atoms with Crippen LogP contribution in [0.5, 0.6) is 0 Å². The predicted molar refractivity (Wildman–Crippen MR) is 80.9 cm³/mol. The highest BCUT2D eigenvalue weighted by Crippen LogP contribution is 2.48. The van der Waals surface area contributed by atoms with Gasteiger partial charge in [-0.2, -0.15) is 4.31 Å². The number of rotatable bonds is 5. The molecule has 2 bridgehead atoms. The maximum atomic E-state index is 12.6. The first-order valence-electron chi connectivity index (χ1n) is 7.62. The molecule has 3 rings (SSSR count). The highest BCUT2D eigenvalue weighted by atomic mass is 32.2. The molecule has 0 saturated heterocycles. The topological polar surface area (TPSA) is 76.3 Å². The van der Waals surface area contributed by atoms with Crippen LogP contribution >= 0.6 is 0 Å². The third kappa shape index (κ3) is 2.84. The first-order valence-corrected chi connectivity index (χ1v) is 9.06. The van der Waals surface area contributed by atoms with E-state index >= 15 is 0 Å². The third-order valence-corrected chi connectivity index (χ3v) is 6.82. The molecule has 2 aliphatic carbocycles. The SMILES string of the molecule is CN(CC1CC2CCC1C2)S(=O)(=O)c1ccc(CN)cn1. The van der Waals surface area contributed by atoms with Gasteiger partial charge in [0.15, 0.2) is 5.03 Å². The van der Waals surface area contributed by atoms with Gasteiger partial charge >= 0.3 is 0 Å². The lowest BCUT2D eigenvalue weighted by Gasteiger charge is -2.26. The van der Waals surface area contributed by atoms with Crippen LogP contribution in [0.1, 0.15) is 31.2 Å². The molecule has 0 aromatic carbocycles. The Kier molecular flexibility index (Phi) is 4.03. The molecule has 3 unspecified atom stereocenters. The first kappa shape index (κ1) is 14.9. The molecule has 2 N–H and O–H groups in total. The second kappa shape index (κ2) is 5.66. The molecular formula is C15H23N3O2S. The Bertz CT molecular complexity index is 600. The highest BCUT2D eigenvalue weighted by Gasteiger charge is 2.41. The number of nitrogens with two attached hydrogens (primary N) is 1. The van der Waals surface area contributed by atoms with Crippen molar-refractivity contribution in [3.05, 3.63) is 23.9 Å². The lowest BCUT2D eigenvalue weighted by atomic mass is 9.89. The molecule has 0 aliphatic heterocycles. The van der Waals surface area contributed by atoms with Gasteiger partial charge in [-0.3, -0.25) is 0 Å². The fourth-order valence-corrected chi connectivity index (χ4v) is 5.01. The average molecular weight is 309 g/mol. The number of sulfonamides is 1. The molecule has 0 amide bonds. The van der Waals surface area contributed by atoms with E-state index in [1.165, 1.54) is 36.2 Å². The molecule has 0 radical (unpaired) electrons. The Balaban J connectivity index is 1.71. The summed E-state index contributed by atoms with van der Waals surface area (Å²) in [4.78, 5) is 4.06. The zero-order chi connectivity index (χ0) is 15.0. The van der Waals surface area contributed by atoms with E-state index < -0.39 is 10.0 Å². The number of nitrogens with zero attached hydrogens (tertiary/aromatic N) is 2. The normalized spacial score (nSPS) is 28.4. The third-order valence-electron chi connectivity index (χ3n) is 5.08. The Morgan fingerprint density at radius 1 is 1.33 bits per heavy atom. The minimum atomic E-state index is -3.49. The van der Waals surface area contributed by atoms with Crippen LogP contribution in [-0.2, 0) is 16.6 Å². The van der Waals surface area contributed by atoms with Crippen molar-refractivity contribution in [1.29, 1.82) is 0 Å². The smallest absolute Gasteiger partial charge is 0.260 e. The van der Waals surface area contributed by atoms with Crippen LogP contribution < -0.4 is 5.73 Å². The van der Waals surface area contributed by atoms with E-state index in [2.05, 4.69) is 4.98 Å². The van der Waals surface area contributed by atoms with Crippen molar-refractivity contribution in [2.45, 2.75) is 37.3 Å². The molecule has 21 heavy (non-hydrogen) atoms. The van der Waals surface area contributed by atoms with E-state index in [1.807, 2.05) is 0 Å². The number of hydrogen-bond acceptors (Lipinski definition) is 4. The Morgan fingerprint density at radius 2 is 2.14 bits per heavy atom. The summed E-state index contributed by atoms with van der Waals surface area (Å²) < 4.78 is 26.6. The summed E-state index contributed by atoms with van der Waals surface area (Å²) in [6.45, 7) is 0.984. The molecule has 1 aromatic rings. The molecule has 1 heterocycles. The molecule has 3 atom stereocenters. The zero-order valence-electron chi connectivity index (χ0n) is 12.4. The van der Waals surface area contributed by atoms with Crippen LogP contribution in [0.25, 0.3) is 0 Å². The molecule has 1 aromatic heterocycles. The van der Waals surface area contributed by atoms with Gasteiger partial charge in [0.05, 0.1) is 0 Å². The van der Waals surface area contributed by atoms with Crippen molar-refractivity contribution in [3.63, 3.8) is 0 Å². The average Bonchev–Trinajstić information content (AvgIpc) is 3.09. The molecule has 2 aliphatic rings. The molecule has 6 heteroatoms. The molecule has 0 spiro atoms. The molecule has 5 nitrogen and oxygen atoms in total. The van der Waals surface area contributed by atoms with Gasteiger partial charge in [-0.25, -0.2) is 13.4 Å². The zero-order valence-corrected chi connectivity index (χ0v) is 13.2. The molecule has 116 valence electrons. The summed E-state index contributed by atoms with van der Waals surface area (Å²) in [5, 5.41) is 0.116. The summed E-state index contributed by atoms with van der Waals surface area (Å²) >= 11 is 0. The maximum Gasteiger partial charge on any atom is 0.260 e. The van der Waals surface area contributed by atoms with Gasteiger partial charge in [-0.1, -0.05) is 12.5 Å². The van der Waals surface area contributed by atoms with E-state index in [-0.39, 0.29) is 5.03 Å². The highest BCUT2D eigenvalue weighted by molar-refractivity contribution is 7.89. The van der Waals surface area contributed by atoms with Crippen molar-refractivity contribution in [2.75, 3.05) is 13.6 Å². The van der Waals surface area contributed by atoms with Crippen molar-refractivity contribution in [3.8, 4) is 0 Å². The van der Waals surface area contributed by atoms with E-state index in [0.717, 1.165) is 17.4 Å². The summed E-state index contributed by atoms with van der Waals surface area (Å²) in [7, 11) is -1.82. The van der Waals surface area contributed by atoms with Gasteiger partial charge in [0.25, 0.3) is 10.0 Å². The molecular weight excluding hydrogens is 286 g/mol. The van der Waals surface area contributed by atoms with Gasteiger partial charge in [-0.05, 0) is 48.6 Å². The van der Waals surface area contributed by atoms with Gasteiger partial charge in [0, 0.05) is 26.3 Å². The lowest BCUT2D eigenvalue weighted by Crippen LogP contribution is -2.34. The minimum Gasteiger partial charge on any atom is -0.326 e. The van der Waals surface area contributed by atoms with E-state index in [1.54, 1.807) is 19.2 Å². The monoisotopic (exact) mass is 309 g/mol. The molecule has 2 saturated carbocycles. The minimum absolute atomic E-state index is 0.116. The van der Waals surface area contributed by atoms with Crippen LogP contribution in [0.4, 0.5) is 0 Å². The lowest BCUT2D eigenvalue weighted by molar-refractivity contribution is 0.280. The van der Waals surface area contributed by atoms with Crippen molar-refractivity contribution in [2.24, 2.45) is 23.5 Å². The Labute approximate surface area is 126 Å². The van der Waals surface area contributed by atoms with Crippen LogP contribution in [0, 0.1) is 17.8 Å². The summed E-state index contributed by atoms with van der Waals surface area (Å²) in [5.74, 6) is 2.07. The number of hydrogen-bond donors (Lipinski definition) is 1. The largest absolute Gasteiger partial charge is 0.326 e. The number of aromatic nitrogens is 1. The van der Waals surface area contributed by atoms with Crippen molar-refractivity contribution in [1.82, 2.24) is 9.29 Å². The Morgan fingerprint density at radius 3 is 2.67 bits per heavy atom. The van der Waals surface area contributed by atoms with Gasteiger partial charge in [0.1, 0.15) is 0 Å². The predicted octanol–water partition coefficient (Wildman–Crippen LogP) is 1.60. The van der Waals surface area contributed by atoms with Gasteiger partial charge in [-0.15, -0.1) is 0 Å². The van der Waals surface area contributed by atoms with E-state index in [0.29, 0.717) is 19.0 Å². The number of fused-ring (bicyclic) bond motifs is 2. The molecule has 2 fully saturated rings. The second-order valence-corrected chi connectivity index (χ2v) is 8.42. The van der Waals surface area contributed by atoms with Crippen LogP contribution in [0.2, 0.25) is 0 Å². The Hall–Kier alpha value is -0.980. The van der Waals surface area contributed by atoms with Crippen LogP contribution in [0.3, 0.4) is 0 Å². The standard InChI is InChI=1S/C15H23N3O2S/c1-18(10-14-7-11-2-4-13(14)6-11)21(19,20)15-5-3-12(8-16)9-17-15/h3,5,9,11,13-14H,2,4,6-8,10,16H2,1H3. The van der Waals surface area contributed by atoms with Gasteiger partial charge < -0.3 is 5.73 Å². The van der Waals surface area contributed by atoms with Crippen molar-refractivity contribution >= 4 is 10.0 Å². The van der Waals surface area contributed by atoms with Crippen LogP contribution in [-0.4, -0.2) is 31.3 Å². The quantitative estimate of drug-likeness (QED) is 0.896. The fourth-order valence-electron chi connectivity index (χ4n) is 3.87. The number of pyridine rings is 1. The van der Waals surface area contributed by atoms with E-state index in [9.17, 15) is 8.42 Å². The summed E-state index contributed by atoms with van der Waals surface area (Å²) in [5.41, 5.74) is 6.35. The fraction of sp³-hybridized carbons (Fsp3) is 0.667. The second-order valence-electron chi connectivity index (χ2n) is 6.43. The summed E-state index contributed by atoms with van der Waals surface area (Å²) in [6, 6.07) is 3.28. The van der Waals surface area contributed by atoms with Crippen molar-refractivity contribution < 1.29 is 8.42 Å².